The van der Waals surface area contributed by atoms with Crippen molar-refractivity contribution in [1.29, 1.82) is 0 Å². The molecule has 0 saturated carbocycles. The highest BCUT2D eigenvalue weighted by Crippen LogP contribution is 2.21. The van der Waals surface area contributed by atoms with Gasteiger partial charge in [0, 0.05) is 26.0 Å². The first-order valence-electron chi connectivity index (χ1n) is 14.5. The quantitative estimate of drug-likeness (QED) is 0.148. The van der Waals surface area contributed by atoms with Gasteiger partial charge in [0.1, 0.15) is 6.17 Å². The van der Waals surface area contributed by atoms with Crippen LogP contribution in [0, 0.1) is 0 Å². The molecule has 1 unspecified atom stereocenters. The normalized spacial score (nSPS) is 16.0. The number of hydrogen-bond acceptors (Lipinski definition) is 2. The molecule has 0 aromatic rings. The summed E-state index contributed by atoms with van der Waals surface area (Å²) in [5.41, 5.74) is 0. The maximum absolute atomic E-state index is 2.61. The van der Waals surface area contributed by atoms with Gasteiger partial charge in [0.25, 0.3) is 0 Å². The summed E-state index contributed by atoms with van der Waals surface area (Å²) < 4.78 is 0. The predicted octanol–water partition coefficient (Wildman–Crippen LogP) is 9.65. The summed E-state index contributed by atoms with van der Waals surface area (Å²) >= 11 is 0. The highest BCUT2D eigenvalue weighted by molar-refractivity contribution is 4.95. The smallest absolute Gasteiger partial charge is 0.100 e. The lowest BCUT2D eigenvalue weighted by atomic mass is 10.0. The maximum atomic E-state index is 2.61. The molecule has 0 aromatic carbocycles. The summed E-state index contributed by atoms with van der Waals surface area (Å²) in [6.07, 6.45) is 36.7. The zero-order chi connectivity index (χ0) is 22.4. The Morgan fingerprint density at radius 3 is 1.32 bits per heavy atom. The van der Waals surface area contributed by atoms with Crippen LogP contribution in [0.15, 0.2) is 12.4 Å². The van der Waals surface area contributed by atoms with Crippen LogP contribution in [-0.2, 0) is 0 Å². The van der Waals surface area contributed by atoms with Gasteiger partial charge in [-0.05, 0) is 19.3 Å². The van der Waals surface area contributed by atoms with Gasteiger partial charge >= 0.3 is 0 Å². The first-order chi connectivity index (χ1) is 15.3. The highest BCUT2D eigenvalue weighted by atomic mass is 15.4. The number of rotatable bonds is 23. The summed E-state index contributed by atoms with van der Waals surface area (Å²) in [7, 11) is 2.26. The fraction of sp³-hybridized carbons (Fsp3) is 0.931. The van der Waals surface area contributed by atoms with E-state index in [4.69, 9.17) is 0 Å². The van der Waals surface area contributed by atoms with Gasteiger partial charge in [-0.1, -0.05) is 136 Å². The third-order valence-corrected chi connectivity index (χ3v) is 7.18. The lowest BCUT2D eigenvalue weighted by molar-refractivity contribution is 0.159. The average Bonchev–Trinajstić information content (AvgIpc) is 3.12. The van der Waals surface area contributed by atoms with E-state index in [1.807, 2.05) is 0 Å². The van der Waals surface area contributed by atoms with Crippen molar-refractivity contribution in [2.24, 2.45) is 0 Å². The molecule has 1 aliphatic heterocycles. The molecule has 1 aliphatic rings. The van der Waals surface area contributed by atoms with E-state index in [9.17, 15) is 0 Å². The van der Waals surface area contributed by atoms with Crippen LogP contribution >= 0.6 is 0 Å². The lowest BCUT2D eigenvalue weighted by Crippen LogP contribution is -2.37. The topological polar surface area (TPSA) is 6.48 Å². The Balaban J connectivity index is 1.91. The Morgan fingerprint density at radius 1 is 0.484 bits per heavy atom. The summed E-state index contributed by atoms with van der Waals surface area (Å²) in [5.74, 6) is 0. The molecule has 0 fully saturated rings. The lowest BCUT2D eigenvalue weighted by Gasteiger charge is -2.30. The van der Waals surface area contributed by atoms with E-state index in [1.165, 1.54) is 148 Å². The highest BCUT2D eigenvalue weighted by Gasteiger charge is 2.22. The summed E-state index contributed by atoms with van der Waals surface area (Å²) in [4.78, 5) is 5.04. The van der Waals surface area contributed by atoms with Crippen LogP contribution in [0.1, 0.15) is 155 Å². The molecule has 0 N–H and O–H groups in total. The van der Waals surface area contributed by atoms with Crippen LogP contribution in [0.5, 0.6) is 0 Å². The SMILES string of the molecule is CCCCCCCCCCCCCCCCC1N(C)C=CN1CCCCCCCCC. The van der Waals surface area contributed by atoms with Crippen molar-refractivity contribution >= 4 is 0 Å². The Bertz CT molecular complexity index is 392. The van der Waals surface area contributed by atoms with Crippen LogP contribution in [0.2, 0.25) is 0 Å². The van der Waals surface area contributed by atoms with E-state index in [0.29, 0.717) is 6.17 Å². The van der Waals surface area contributed by atoms with Gasteiger partial charge in [-0.15, -0.1) is 0 Å². The van der Waals surface area contributed by atoms with Crippen LogP contribution in [0.25, 0.3) is 0 Å². The molecule has 2 nitrogen and oxygen atoms in total. The fourth-order valence-electron chi connectivity index (χ4n) is 4.99. The molecule has 0 spiro atoms. The minimum Gasteiger partial charge on any atom is -0.359 e. The Kier molecular flexibility index (Phi) is 19.4. The summed E-state index contributed by atoms with van der Waals surface area (Å²) in [5, 5.41) is 0. The molecule has 0 aromatic heterocycles. The van der Waals surface area contributed by atoms with Crippen molar-refractivity contribution < 1.29 is 0 Å². The summed E-state index contributed by atoms with van der Waals surface area (Å²) in [6, 6.07) is 0. The molecule has 1 rings (SSSR count). The minimum absolute atomic E-state index is 0.623. The van der Waals surface area contributed by atoms with Crippen LogP contribution in [-0.4, -0.2) is 29.6 Å². The molecule has 0 aliphatic carbocycles. The first kappa shape index (κ1) is 28.4. The van der Waals surface area contributed by atoms with E-state index in [-0.39, 0.29) is 0 Å². The largest absolute Gasteiger partial charge is 0.359 e. The van der Waals surface area contributed by atoms with Crippen molar-refractivity contribution in [3.05, 3.63) is 12.4 Å². The molecule has 184 valence electrons. The fourth-order valence-corrected chi connectivity index (χ4v) is 4.99. The molecule has 31 heavy (non-hydrogen) atoms. The summed E-state index contributed by atoms with van der Waals surface area (Å²) in [6.45, 7) is 5.85. The van der Waals surface area contributed by atoms with Gasteiger partial charge in [0.05, 0.1) is 0 Å². The Labute approximate surface area is 197 Å². The minimum atomic E-state index is 0.623. The van der Waals surface area contributed by atoms with Crippen LogP contribution in [0.3, 0.4) is 0 Å². The van der Waals surface area contributed by atoms with Crippen molar-refractivity contribution in [3.63, 3.8) is 0 Å². The molecule has 0 saturated heterocycles. The zero-order valence-corrected chi connectivity index (χ0v) is 21.9. The van der Waals surface area contributed by atoms with Gasteiger partial charge in [-0.2, -0.15) is 0 Å². The molecule has 0 amide bonds. The molecular formula is C29H58N2. The number of hydrogen-bond donors (Lipinski definition) is 0. The zero-order valence-electron chi connectivity index (χ0n) is 21.9. The second-order valence-electron chi connectivity index (χ2n) is 10.2. The second-order valence-corrected chi connectivity index (χ2v) is 10.2. The van der Waals surface area contributed by atoms with Crippen molar-refractivity contribution in [1.82, 2.24) is 9.80 Å². The van der Waals surface area contributed by atoms with Crippen molar-refractivity contribution in [2.45, 2.75) is 161 Å². The van der Waals surface area contributed by atoms with E-state index < -0.39 is 0 Å². The number of unbranched alkanes of at least 4 members (excludes halogenated alkanes) is 19. The molecule has 0 radical (unpaired) electrons. The van der Waals surface area contributed by atoms with E-state index in [2.05, 4.69) is 43.1 Å². The van der Waals surface area contributed by atoms with Gasteiger partial charge in [0.15, 0.2) is 0 Å². The molecule has 1 heterocycles. The molecular weight excluding hydrogens is 376 g/mol. The standard InChI is InChI=1S/C29H58N2/c1-4-6-8-10-12-13-14-15-16-17-18-19-21-23-25-29-30(3)27-28-31(29)26-24-22-20-11-9-7-5-2/h27-29H,4-26H2,1-3H3. The Hall–Kier alpha value is -0.660. The van der Waals surface area contributed by atoms with E-state index >= 15 is 0 Å². The molecule has 0 bridgehead atoms. The Morgan fingerprint density at radius 2 is 0.871 bits per heavy atom. The maximum Gasteiger partial charge on any atom is 0.100 e. The average molecular weight is 435 g/mol. The number of nitrogens with zero attached hydrogens (tertiary/aromatic N) is 2. The van der Waals surface area contributed by atoms with E-state index in [0.717, 1.165) is 0 Å². The van der Waals surface area contributed by atoms with Gasteiger partial charge in [-0.3, -0.25) is 0 Å². The molecule has 2 heteroatoms. The molecule has 1 atom stereocenters. The third kappa shape index (κ3) is 15.7. The predicted molar refractivity (Wildman–Crippen MR) is 140 cm³/mol. The first-order valence-corrected chi connectivity index (χ1v) is 14.5. The van der Waals surface area contributed by atoms with Gasteiger partial charge in [0.2, 0.25) is 0 Å². The monoisotopic (exact) mass is 434 g/mol. The van der Waals surface area contributed by atoms with Gasteiger partial charge in [-0.25, -0.2) is 0 Å². The second kappa shape index (κ2) is 21.2. The van der Waals surface area contributed by atoms with E-state index in [1.54, 1.807) is 0 Å². The van der Waals surface area contributed by atoms with Crippen molar-refractivity contribution in [2.75, 3.05) is 13.6 Å². The van der Waals surface area contributed by atoms with Crippen LogP contribution < -0.4 is 0 Å². The van der Waals surface area contributed by atoms with Gasteiger partial charge < -0.3 is 9.80 Å². The van der Waals surface area contributed by atoms with Crippen molar-refractivity contribution in [3.8, 4) is 0 Å². The third-order valence-electron chi connectivity index (χ3n) is 7.18. The van der Waals surface area contributed by atoms with Crippen LogP contribution in [0.4, 0.5) is 0 Å².